The van der Waals surface area contributed by atoms with E-state index in [-0.39, 0.29) is 12.2 Å². The fraction of sp³-hybridized carbons (Fsp3) is 0.500. The molecule has 102 valence electrons. The van der Waals surface area contributed by atoms with Crippen molar-refractivity contribution in [3.05, 3.63) is 28.8 Å². The molecule has 0 fully saturated rings. The Balaban J connectivity index is 2.20. The topological polar surface area (TPSA) is 32.3 Å². The van der Waals surface area contributed by atoms with E-state index in [9.17, 15) is 18.3 Å². The molecule has 1 rings (SSSR count). The van der Waals surface area contributed by atoms with Crippen molar-refractivity contribution in [2.24, 2.45) is 0 Å². The van der Waals surface area contributed by atoms with Crippen LogP contribution in [0.5, 0.6) is 5.75 Å². The van der Waals surface area contributed by atoms with E-state index in [1.54, 1.807) is 12.1 Å². The summed E-state index contributed by atoms with van der Waals surface area (Å²) in [6.07, 6.45) is -4.28. The standard InChI is InChI=1S/C12H15ClF3NO/c13-10-3-4-11(18)9(7-10)8-17-6-2-1-5-12(14,15)16/h3-4,7,17-18H,1-2,5-6,8H2. The predicted octanol–water partition coefficient (Wildman–Crippen LogP) is 3.87. The number of benzene rings is 1. The smallest absolute Gasteiger partial charge is 0.389 e. The monoisotopic (exact) mass is 281 g/mol. The van der Waals surface area contributed by atoms with Crippen molar-refractivity contribution in [1.29, 1.82) is 0 Å². The van der Waals surface area contributed by atoms with Crippen molar-refractivity contribution in [2.45, 2.75) is 32.0 Å². The highest BCUT2D eigenvalue weighted by atomic mass is 35.5. The minimum absolute atomic E-state index is 0.109. The largest absolute Gasteiger partial charge is 0.508 e. The van der Waals surface area contributed by atoms with Crippen LogP contribution in [0.3, 0.4) is 0 Å². The highest BCUT2D eigenvalue weighted by molar-refractivity contribution is 6.30. The molecule has 0 aliphatic heterocycles. The van der Waals surface area contributed by atoms with Gasteiger partial charge in [0.15, 0.2) is 0 Å². The maximum absolute atomic E-state index is 11.9. The molecule has 0 atom stereocenters. The van der Waals surface area contributed by atoms with E-state index < -0.39 is 12.6 Å². The molecule has 0 aliphatic carbocycles. The highest BCUT2D eigenvalue weighted by Crippen LogP contribution is 2.22. The minimum atomic E-state index is -4.08. The van der Waals surface area contributed by atoms with Crippen molar-refractivity contribution in [1.82, 2.24) is 5.32 Å². The summed E-state index contributed by atoms with van der Waals surface area (Å²) in [4.78, 5) is 0. The van der Waals surface area contributed by atoms with E-state index in [2.05, 4.69) is 5.32 Å². The summed E-state index contributed by atoms with van der Waals surface area (Å²) < 4.78 is 35.6. The van der Waals surface area contributed by atoms with Gasteiger partial charge in [-0.3, -0.25) is 0 Å². The molecule has 0 unspecified atom stereocenters. The van der Waals surface area contributed by atoms with Crippen molar-refractivity contribution < 1.29 is 18.3 Å². The lowest BCUT2D eigenvalue weighted by Gasteiger charge is -2.08. The number of halogens is 4. The molecule has 0 aromatic heterocycles. The second-order valence-electron chi connectivity index (χ2n) is 4.02. The van der Waals surface area contributed by atoms with Gasteiger partial charge in [0.05, 0.1) is 0 Å². The first kappa shape index (κ1) is 15.1. The molecule has 0 bridgehead atoms. The fourth-order valence-electron chi connectivity index (χ4n) is 1.49. The molecule has 18 heavy (non-hydrogen) atoms. The maximum atomic E-state index is 11.9. The molecule has 0 saturated carbocycles. The zero-order chi connectivity index (χ0) is 13.6. The Kier molecular flexibility index (Phi) is 5.75. The Labute approximate surface area is 109 Å². The van der Waals surface area contributed by atoms with Gasteiger partial charge in [-0.1, -0.05) is 11.6 Å². The third-order valence-corrected chi connectivity index (χ3v) is 2.66. The van der Waals surface area contributed by atoms with Gasteiger partial charge in [-0.2, -0.15) is 13.2 Å². The van der Waals surface area contributed by atoms with Crippen LogP contribution < -0.4 is 5.32 Å². The summed E-state index contributed by atoms with van der Waals surface area (Å²) in [6.45, 7) is 0.862. The average Bonchev–Trinajstić information content (AvgIpc) is 2.26. The summed E-state index contributed by atoms with van der Waals surface area (Å²) in [5.74, 6) is 0.127. The number of phenols is 1. The van der Waals surface area contributed by atoms with Crippen LogP contribution >= 0.6 is 11.6 Å². The number of unbranched alkanes of at least 4 members (excludes halogenated alkanes) is 1. The molecule has 0 heterocycles. The van der Waals surface area contributed by atoms with Crippen LogP contribution in [0.1, 0.15) is 24.8 Å². The minimum Gasteiger partial charge on any atom is -0.508 e. The van der Waals surface area contributed by atoms with Crippen LogP contribution in [-0.2, 0) is 6.54 Å². The molecule has 2 nitrogen and oxygen atoms in total. The zero-order valence-corrected chi connectivity index (χ0v) is 10.5. The number of hydrogen-bond acceptors (Lipinski definition) is 2. The Hall–Kier alpha value is -0.940. The summed E-state index contributed by atoms with van der Waals surface area (Å²) in [7, 11) is 0. The molecule has 1 aromatic carbocycles. The fourth-order valence-corrected chi connectivity index (χ4v) is 1.69. The van der Waals surface area contributed by atoms with Crippen molar-refractivity contribution in [2.75, 3.05) is 6.54 Å². The van der Waals surface area contributed by atoms with E-state index >= 15 is 0 Å². The number of aromatic hydroxyl groups is 1. The van der Waals surface area contributed by atoms with Gasteiger partial charge in [0.1, 0.15) is 5.75 Å². The van der Waals surface area contributed by atoms with Crippen LogP contribution in [-0.4, -0.2) is 17.8 Å². The van der Waals surface area contributed by atoms with Crippen LogP contribution in [0.2, 0.25) is 5.02 Å². The van der Waals surface area contributed by atoms with Crippen molar-refractivity contribution >= 4 is 11.6 Å². The molecule has 0 saturated heterocycles. The lowest BCUT2D eigenvalue weighted by atomic mass is 10.2. The lowest BCUT2D eigenvalue weighted by Crippen LogP contribution is -2.16. The number of alkyl halides is 3. The third kappa shape index (κ3) is 6.12. The van der Waals surface area contributed by atoms with E-state index in [4.69, 9.17) is 11.6 Å². The Bertz CT molecular complexity index is 382. The Morgan fingerprint density at radius 3 is 2.61 bits per heavy atom. The zero-order valence-electron chi connectivity index (χ0n) is 9.73. The molecule has 0 amide bonds. The van der Waals surface area contributed by atoms with E-state index in [0.717, 1.165) is 0 Å². The summed E-state index contributed by atoms with van der Waals surface area (Å²) in [6, 6.07) is 4.69. The van der Waals surface area contributed by atoms with Gasteiger partial charge in [0.2, 0.25) is 0 Å². The van der Waals surface area contributed by atoms with Crippen LogP contribution in [0, 0.1) is 0 Å². The first-order valence-electron chi connectivity index (χ1n) is 5.63. The number of phenolic OH excluding ortho intramolecular Hbond substituents is 1. The molecule has 2 N–H and O–H groups in total. The normalized spacial score (nSPS) is 11.8. The molecule has 6 heteroatoms. The SMILES string of the molecule is Oc1ccc(Cl)cc1CNCCCCC(F)(F)F. The van der Waals surface area contributed by atoms with Gasteiger partial charge in [-0.05, 0) is 37.6 Å². The summed E-state index contributed by atoms with van der Waals surface area (Å²) >= 11 is 5.77. The maximum Gasteiger partial charge on any atom is 0.389 e. The molecule has 1 aromatic rings. The van der Waals surface area contributed by atoms with Crippen LogP contribution in [0.25, 0.3) is 0 Å². The van der Waals surface area contributed by atoms with Gasteiger partial charge in [0, 0.05) is 23.6 Å². The number of nitrogens with one attached hydrogen (secondary N) is 1. The van der Waals surface area contributed by atoms with Gasteiger partial charge < -0.3 is 10.4 Å². The van der Waals surface area contributed by atoms with Gasteiger partial charge in [-0.15, -0.1) is 0 Å². The van der Waals surface area contributed by atoms with Crippen LogP contribution in [0.4, 0.5) is 13.2 Å². The van der Waals surface area contributed by atoms with E-state index in [1.807, 2.05) is 0 Å². The third-order valence-electron chi connectivity index (χ3n) is 2.42. The predicted molar refractivity (Wildman–Crippen MR) is 64.7 cm³/mol. The van der Waals surface area contributed by atoms with Gasteiger partial charge in [-0.25, -0.2) is 0 Å². The molecule has 0 radical (unpaired) electrons. The average molecular weight is 282 g/mol. The molecular weight excluding hydrogens is 267 g/mol. The van der Waals surface area contributed by atoms with E-state index in [0.29, 0.717) is 30.1 Å². The first-order chi connectivity index (χ1) is 8.38. The van der Waals surface area contributed by atoms with Gasteiger partial charge >= 0.3 is 6.18 Å². The second kappa shape index (κ2) is 6.85. The van der Waals surface area contributed by atoms with Gasteiger partial charge in [0.25, 0.3) is 0 Å². The number of rotatable bonds is 6. The molecule has 0 spiro atoms. The second-order valence-corrected chi connectivity index (χ2v) is 4.46. The lowest BCUT2D eigenvalue weighted by molar-refractivity contribution is -0.135. The summed E-state index contributed by atoms with van der Waals surface area (Å²) in [5, 5.41) is 13.0. The Morgan fingerprint density at radius 2 is 1.94 bits per heavy atom. The first-order valence-corrected chi connectivity index (χ1v) is 6.01. The molecular formula is C12H15ClF3NO. The highest BCUT2D eigenvalue weighted by Gasteiger charge is 2.25. The van der Waals surface area contributed by atoms with Crippen molar-refractivity contribution in [3.63, 3.8) is 0 Å². The van der Waals surface area contributed by atoms with E-state index in [1.165, 1.54) is 6.07 Å². The quantitative estimate of drug-likeness (QED) is 0.776. The Morgan fingerprint density at radius 1 is 1.22 bits per heavy atom. The summed E-state index contributed by atoms with van der Waals surface area (Å²) in [5.41, 5.74) is 0.637. The number of hydrogen-bond donors (Lipinski definition) is 2. The van der Waals surface area contributed by atoms with Crippen molar-refractivity contribution in [3.8, 4) is 5.75 Å². The van der Waals surface area contributed by atoms with Crippen LogP contribution in [0.15, 0.2) is 18.2 Å². The molecule has 0 aliphatic rings.